The third kappa shape index (κ3) is 6.70. The number of likely N-dealkylation sites (tertiary alicyclic amines) is 1. The lowest BCUT2D eigenvalue weighted by atomic mass is 10.1. The second kappa shape index (κ2) is 9.49. The topological polar surface area (TPSA) is 20.3 Å². The van der Waals surface area contributed by atoms with Crippen molar-refractivity contribution < 1.29 is 4.79 Å². The molecule has 1 rings (SSSR count). The number of rotatable bonds is 7. The van der Waals surface area contributed by atoms with E-state index in [1.165, 1.54) is 57.8 Å². The van der Waals surface area contributed by atoms with E-state index in [9.17, 15) is 4.79 Å². The highest BCUT2D eigenvalue weighted by Crippen LogP contribution is 2.13. The molecule has 2 heteroatoms. The second-order valence-corrected chi connectivity index (χ2v) is 5.31. The van der Waals surface area contributed by atoms with Gasteiger partial charge in [-0.05, 0) is 19.3 Å². The maximum Gasteiger partial charge on any atom is 0.222 e. The van der Waals surface area contributed by atoms with Crippen molar-refractivity contribution in [3.63, 3.8) is 0 Å². The minimum absolute atomic E-state index is 0.405. The van der Waals surface area contributed by atoms with Crippen LogP contribution in [0.4, 0.5) is 0 Å². The van der Waals surface area contributed by atoms with Gasteiger partial charge in [-0.2, -0.15) is 0 Å². The number of nitrogens with zero attached hydrogens (tertiary/aromatic N) is 1. The van der Waals surface area contributed by atoms with Gasteiger partial charge in [-0.15, -0.1) is 0 Å². The second-order valence-electron chi connectivity index (χ2n) is 5.31. The zero-order valence-electron chi connectivity index (χ0n) is 11.5. The molecule has 17 heavy (non-hydrogen) atoms. The first-order chi connectivity index (χ1) is 8.34. The molecule has 1 amide bonds. The van der Waals surface area contributed by atoms with Gasteiger partial charge in [-0.1, -0.05) is 51.9 Å². The van der Waals surface area contributed by atoms with Crippen molar-refractivity contribution in [3.05, 3.63) is 0 Å². The largest absolute Gasteiger partial charge is 0.343 e. The van der Waals surface area contributed by atoms with Gasteiger partial charge in [0.05, 0.1) is 0 Å². The molecule has 0 aliphatic carbocycles. The van der Waals surface area contributed by atoms with Crippen molar-refractivity contribution in [2.45, 2.75) is 77.6 Å². The molecule has 0 atom stereocenters. The molecule has 0 bridgehead atoms. The van der Waals surface area contributed by atoms with Crippen LogP contribution in [0.3, 0.4) is 0 Å². The van der Waals surface area contributed by atoms with Gasteiger partial charge in [0.1, 0.15) is 0 Å². The normalized spacial score (nSPS) is 16.9. The summed E-state index contributed by atoms with van der Waals surface area (Å²) in [5, 5.41) is 0. The standard InChI is InChI=1S/C15H29NO/c1-2-3-4-5-6-9-12-15(17)16-13-10-7-8-11-14-16/h2-14H2,1H3. The fourth-order valence-electron chi connectivity index (χ4n) is 2.53. The zero-order valence-corrected chi connectivity index (χ0v) is 11.5. The van der Waals surface area contributed by atoms with E-state index >= 15 is 0 Å². The molecule has 0 unspecified atom stereocenters. The Kier molecular flexibility index (Phi) is 8.12. The number of carbonyl (C=O) groups excluding carboxylic acids is 1. The third-order valence-electron chi connectivity index (χ3n) is 3.70. The number of hydrogen-bond donors (Lipinski definition) is 0. The molecule has 2 nitrogen and oxygen atoms in total. The van der Waals surface area contributed by atoms with Crippen LogP contribution in [0.5, 0.6) is 0 Å². The number of hydrogen-bond acceptors (Lipinski definition) is 1. The summed E-state index contributed by atoms with van der Waals surface area (Å²) in [6.45, 7) is 4.26. The molecule has 100 valence electrons. The monoisotopic (exact) mass is 239 g/mol. The summed E-state index contributed by atoms with van der Waals surface area (Å²) in [5.74, 6) is 0.405. The van der Waals surface area contributed by atoms with Crippen molar-refractivity contribution in [1.29, 1.82) is 0 Å². The van der Waals surface area contributed by atoms with E-state index in [4.69, 9.17) is 0 Å². The van der Waals surface area contributed by atoms with Crippen molar-refractivity contribution in [3.8, 4) is 0 Å². The average molecular weight is 239 g/mol. The predicted molar refractivity (Wildman–Crippen MR) is 73.0 cm³/mol. The molecule has 1 aliphatic rings. The lowest BCUT2D eigenvalue weighted by Crippen LogP contribution is -2.31. The van der Waals surface area contributed by atoms with Gasteiger partial charge in [0, 0.05) is 19.5 Å². The smallest absolute Gasteiger partial charge is 0.222 e. The van der Waals surface area contributed by atoms with E-state index in [1.807, 2.05) is 0 Å². The molecule has 0 saturated carbocycles. The summed E-state index contributed by atoms with van der Waals surface area (Å²) >= 11 is 0. The highest BCUT2D eigenvalue weighted by Gasteiger charge is 2.14. The number of unbranched alkanes of at least 4 members (excludes halogenated alkanes) is 5. The molecule has 0 aromatic rings. The summed E-state index contributed by atoms with van der Waals surface area (Å²) in [6, 6.07) is 0. The van der Waals surface area contributed by atoms with E-state index in [2.05, 4.69) is 11.8 Å². The van der Waals surface area contributed by atoms with Gasteiger partial charge in [0.15, 0.2) is 0 Å². The van der Waals surface area contributed by atoms with Crippen LogP contribution in [-0.2, 0) is 4.79 Å². The van der Waals surface area contributed by atoms with Crippen molar-refractivity contribution in [1.82, 2.24) is 4.90 Å². The zero-order chi connectivity index (χ0) is 12.3. The van der Waals surface area contributed by atoms with Crippen LogP contribution in [0.15, 0.2) is 0 Å². The Morgan fingerprint density at radius 2 is 1.47 bits per heavy atom. The lowest BCUT2D eigenvalue weighted by molar-refractivity contribution is -0.131. The minimum Gasteiger partial charge on any atom is -0.343 e. The molecule has 0 N–H and O–H groups in total. The SMILES string of the molecule is CCCCCCCCC(=O)N1CCCCCC1. The predicted octanol–water partition coefficient (Wildman–Crippen LogP) is 4.14. The van der Waals surface area contributed by atoms with Crippen LogP contribution < -0.4 is 0 Å². The first kappa shape index (κ1) is 14.5. The molecule has 1 fully saturated rings. The minimum atomic E-state index is 0.405. The van der Waals surface area contributed by atoms with Gasteiger partial charge in [0.2, 0.25) is 5.91 Å². The maximum atomic E-state index is 12.0. The first-order valence-electron chi connectivity index (χ1n) is 7.62. The van der Waals surface area contributed by atoms with Crippen molar-refractivity contribution in [2.75, 3.05) is 13.1 Å². The fraction of sp³-hybridized carbons (Fsp3) is 0.933. The molecule has 0 spiro atoms. The number of carbonyl (C=O) groups is 1. The Bertz CT molecular complexity index is 195. The van der Waals surface area contributed by atoms with Gasteiger partial charge >= 0.3 is 0 Å². The van der Waals surface area contributed by atoms with Crippen LogP contribution in [0, 0.1) is 0 Å². The Hall–Kier alpha value is -0.530. The molecule has 0 aromatic heterocycles. The van der Waals surface area contributed by atoms with E-state index in [-0.39, 0.29) is 0 Å². The van der Waals surface area contributed by atoms with E-state index in [0.29, 0.717) is 5.91 Å². The van der Waals surface area contributed by atoms with Crippen LogP contribution >= 0.6 is 0 Å². The molecule has 1 saturated heterocycles. The third-order valence-corrected chi connectivity index (χ3v) is 3.70. The summed E-state index contributed by atoms with van der Waals surface area (Å²) in [6.07, 6.45) is 13.4. The summed E-state index contributed by atoms with van der Waals surface area (Å²) < 4.78 is 0. The maximum absolute atomic E-state index is 12.0. The van der Waals surface area contributed by atoms with Gasteiger partial charge in [-0.25, -0.2) is 0 Å². The Labute approximate surface area is 107 Å². The van der Waals surface area contributed by atoms with Gasteiger partial charge in [-0.3, -0.25) is 4.79 Å². The average Bonchev–Trinajstić information content (AvgIpc) is 2.62. The molecule has 0 radical (unpaired) electrons. The lowest BCUT2D eigenvalue weighted by Gasteiger charge is -2.20. The van der Waals surface area contributed by atoms with E-state index in [0.717, 1.165) is 25.9 Å². The van der Waals surface area contributed by atoms with Crippen LogP contribution in [0.2, 0.25) is 0 Å². The molecule has 1 aliphatic heterocycles. The first-order valence-corrected chi connectivity index (χ1v) is 7.62. The van der Waals surface area contributed by atoms with Crippen LogP contribution in [0.1, 0.15) is 77.6 Å². The van der Waals surface area contributed by atoms with Crippen LogP contribution in [-0.4, -0.2) is 23.9 Å². The summed E-state index contributed by atoms with van der Waals surface area (Å²) in [7, 11) is 0. The number of amides is 1. The molecular formula is C15H29NO. The summed E-state index contributed by atoms with van der Waals surface area (Å²) in [5.41, 5.74) is 0. The van der Waals surface area contributed by atoms with Gasteiger partial charge < -0.3 is 4.90 Å². The Morgan fingerprint density at radius 3 is 2.12 bits per heavy atom. The highest BCUT2D eigenvalue weighted by atomic mass is 16.2. The molecular weight excluding hydrogens is 210 g/mol. The highest BCUT2D eigenvalue weighted by molar-refractivity contribution is 5.76. The van der Waals surface area contributed by atoms with Gasteiger partial charge in [0.25, 0.3) is 0 Å². The Morgan fingerprint density at radius 1 is 0.882 bits per heavy atom. The quantitative estimate of drug-likeness (QED) is 0.611. The molecule has 0 aromatic carbocycles. The Balaban J connectivity index is 2.03. The van der Waals surface area contributed by atoms with E-state index < -0.39 is 0 Å². The van der Waals surface area contributed by atoms with Crippen molar-refractivity contribution >= 4 is 5.91 Å². The fourth-order valence-corrected chi connectivity index (χ4v) is 2.53. The van der Waals surface area contributed by atoms with Crippen molar-refractivity contribution in [2.24, 2.45) is 0 Å². The van der Waals surface area contributed by atoms with Crippen LogP contribution in [0.25, 0.3) is 0 Å². The summed E-state index contributed by atoms with van der Waals surface area (Å²) in [4.78, 5) is 14.1. The molecule has 1 heterocycles. The van der Waals surface area contributed by atoms with E-state index in [1.54, 1.807) is 0 Å².